The molecule has 0 aliphatic heterocycles. The molecule has 0 saturated carbocycles. The lowest BCUT2D eigenvalue weighted by molar-refractivity contribution is -0.385. The van der Waals surface area contributed by atoms with Crippen molar-refractivity contribution in [2.24, 2.45) is 0 Å². The van der Waals surface area contributed by atoms with Crippen LogP contribution in [0.5, 0.6) is 0 Å². The molecule has 0 amide bonds. The Bertz CT molecular complexity index is 391. The molecule has 0 radical (unpaired) electrons. The van der Waals surface area contributed by atoms with Gasteiger partial charge in [0.05, 0.1) is 18.6 Å². The summed E-state index contributed by atoms with van der Waals surface area (Å²) in [6.45, 7) is 0.0531. The summed E-state index contributed by atoms with van der Waals surface area (Å²) in [6.07, 6.45) is -0.509. The smallest absolute Gasteiger partial charge is 0.438 e. The molecular weight excluding hydrogens is 214 g/mol. The predicted octanol–water partition coefficient (Wildman–Crippen LogP) is 1.92. The summed E-state index contributed by atoms with van der Waals surface area (Å²) in [7, 11) is 1.20. The van der Waals surface area contributed by atoms with E-state index < -0.39 is 11.1 Å². The van der Waals surface area contributed by atoms with Gasteiger partial charge in [0.2, 0.25) is 0 Å². The van der Waals surface area contributed by atoms with E-state index in [9.17, 15) is 14.9 Å². The maximum absolute atomic E-state index is 10.6. The minimum Gasteiger partial charge on any atom is -0.438 e. The largest absolute Gasteiger partial charge is 0.507 e. The predicted molar refractivity (Wildman–Crippen MR) is 55.2 cm³/mol. The van der Waals surface area contributed by atoms with Gasteiger partial charge < -0.3 is 9.47 Å². The number of benzene rings is 1. The number of methoxy groups -OCH3 is 1. The Hall–Kier alpha value is -2.11. The van der Waals surface area contributed by atoms with E-state index in [0.717, 1.165) is 0 Å². The Morgan fingerprint density at radius 3 is 2.75 bits per heavy atom. The highest BCUT2D eigenvalue weighted by Gasteiger charge is 2.12. The van der Waals surface area contributed by atoms with Crippen molar-refractivity contribution in [3.63, 3.8) is 0 Å². The van der Waals surface area contributed by atoms with Crippen molar-refractivity contribution < 1.29 is 19.2 Å². The first-order valence-electron chi connectivity index (χ1n) is 4.58. The number of rotatable bonds is 4. The normalized spacial score (nSPS) is 9.56. The molecule has 0 aromatic heterocycles. The van der Waals surface area contributed by atoms with Crippen LogP contribution in [0.4, 0.5) is 10.5 Å². The van der Waals surface area contributed by atoms with Crippen molar-refractivity contribution in [3.05, 3.63) is 39.9 Å². The Morgan fingerprint density at radius 2 is 2.12 bits per heavy atom. The first-order chi connectivity index (χ1) is 7.65. The van der Waals surface area contributed by atoms with Crippen LogP contribution >= 0.6 is 0 Å². The van der Waals surface area contributed by atoms with E-state index in [-0.39, 0.29) is 18.7 Å². The second-order valence-corrected chi connectivity index (χ2v) is 2.94. The van der Waals surface area contributed by atoms with E-state index in [1.54, 1.807) is 18.2 Å². The summed E-state index contributed by atoms with van der Waals surface area (Å²) >= 11 is 0. The Labute approximate surface area is 91.9 Å². The zero-order valence-electron chi connectivity index (χ0n) is 8.71. The number of nitro benzene ring substituents is 1. The number of nitrogens with zero attached hydrogens (tertiary/aromatic N) is 1. The highest BCUT2D eigenvalue weighted by molar-refractivity contribution is 5.59. The molecule has 1 aromatic rings. The Kier molecular flexibility index (Phi) is 4.26. The highest BCUT2D eigenvalue weighted by atomic mass is 16.7. The van der Waals surface area contributed by atoms with Crippen molar-refractivity contribution in [3.8, 4) is 0 Å². The van der Waals surface area contributed by atoms with Gasteiger partial charge in [-0.25, -0.2) is 4.79 Å². The van der Waals surface area contributed by atoms with E-state index in [1.165, 1.54) is 13.2 Å². The summed E-state index contributed by atoms with van der Waals surface area (Å²) in [5.74, 6) is 0. The average molecular weight is 225 g/mol. The molecular formula is C10H11NO5. The van der Waals surface area contributed by atoms with Crippen LogP contribution in [0, 0.1) is 10.1 Å². The molecule has 0 bridgehead atoms. The topological polar surface area (TPSA) is 78.7 Å². The van der Waals surface area contributed by atoms with Crippen LogP contribution in [0.1, 0.15) is 5.56 Å². The average Bonchev–Trinajstić information content (AvgIpc) is 2.29. The fourth-order valence-electron chi connectivity index (χ4n) is 1.20. The first-order valence-corrected chi connectivity index (χ1v) is 4.58. The monoisotopic (exact) mass is 225 g/mol. The van der Waals surface area contributed by atoms with Crippen LogP contribution in [0.3, 0.4) is 0 Å². The third kappa shape index (κ3) is 3.23. The van der Waals surface area contributed by atoms with Gasteiger partial charge in [-0.3, -0.25) is 10.1 Å². The van der Waals surface area contributed by atoms with E-state index in [2.05, 4.69) is 9.47 Å². The lowest BCUT2D eigenvalue weighted by atomic mass is 10.1. The summed E-state index contributed by atoms with van der Waals surface area (Å²) in [5, 5.41) is 10.6. The first kappa shape index (κ1) is 12.0. The van der Waals surface area contributed by atoms with Gasteiger partial charge in [-0.05, 0) is 0 Å². The summed E-state index contributed by atoms with van der Waals surface area (Å²) < 4.78 is 8.92. The van der Waals surface area contributed by atoms with E-state index in [1.807, 2.05) is 0 Å². The molecule has 0 saturated heterocycles. The fraction of sp³-hybridized carbons (Fsp3) is 0.300. The third-order valence-corrected chi connectivity index (χ3v) is 1.95. The van der Waals surface area contributed by atoms with Gasteiger partial charge in [0.1, 0.15) is 0 Å². The van der Waals surface area contributed by atoms with Gasteiger partial charge in [0, 0.05) is 18.1 Å². The van der Waals surface area contributed by atoms with Crippen LogP contribution in [-0.4, -0.2) is 24.8 Å². The van der Waals surface area contributed by atoms with Crippen LogP contribution in [0.25, 0.3) is 0 Å². The van der Waals surface area contributed by atoms with Crippen molar-refractivity contribution >= 4 is 11.8 Å². The maximum Gasteiger partial charge on any atom is 0.507 e. The summed E-state index contributed by atoms with van der Waals surface area (Å²) in [4.78, 5) is 20.8. The Balaban J connectivity index is 2.60. The lowest BCUT2D eigenvalue weighted by Crippen LogP contribution is -2.08. The molecule has 6 nitrogen and oxygen atoms in total. The van der Waals surface area contributed by atoms with Crippen LogP contribution in [-0.2, 0) is 15.9 Å². The minimum atomic E-state index is -0.793. The lowest BCUT2D eigenvalue weighted by Gasteiger charge is -2.03. The molecule has 0 heterocycles. The minimum absolute atomic E-state index is 0.0240. The van der Waals surface area contributed by atoms with Crippen molar-refractivity contribution in [1.29, 1.82) is 0 Å². The summed E-state index contributed by atoms with van der Waals surface area (Å²) in [6, 6.07) is 6.32. The molecule has 0 spiro atoms. The quantitative estimate of drug-likeness (QED) is 0.444. The molecule has 0 N–H and O–H groups in total. The van der Waals surface area contributed by atoms with Gasteiger partial charge in [0.25, 0.3) is 5.69 Å². The van der Waals surface area contributed by atoms with Gasteiger partial charge in [-0.15, -0.1) is 0 Å². The molecule has 1 rings (SSSR count). The number of nitro groups is 1. The van der Waals surface area contributed by atoms with Crippen molar-refractivity contribution in [2.75, 3.05) is 13.7 Å². The maximum atomic E-state index is 10.6. The molecule has 86 valence electrons. The molecule has 6 heteroatoms. The molecule has 0 fully saturated rings. The number of para-hydroxylation sites is 1. The van der Waals surface area contributed by atoms with E-state index in [0.29, 0.717) is 5.56 Å². The SMILES string of the molecule is COC(=O)OCCc1ccccc1[N+](=O)[O-]. The van der Waals surface area contributed by atoms with Gasteiger partial charge in [0.15, 0.2) is 0 Å². The fourth-order valence-corrected chi connectivity index (χ4v) is 1.20. The highest BCUT2D eigenvalue weighted by Crippen LogP contribution is 2.17. The zero-order chi connectivity index (χ0) is 12.0. The second kappa shape index (κ2) is 5.69. The van der Waals surface area contributed by atoms with E-state index in [4.69, 9.17) is 0 Å². The molecule has 0 unspecified atom stereocenters. The molecule has 1 aromatic carbocycles. The molecule has 0 aliphatic rings. The van der Waals surface area contributed by atoms with Gasteiger partial charge in [-0.2, -0.15) is 0 Å². The van der Waals surface area contributed by atoms with Gasteiger partial charge in [-0.1, -0.05) is 18.2 Å². The van der Waals surface area contributed by atoms with Crippen LogP contribution in [0.15, 0.2) is 24.3 Å². The molecule has 0 atom stereocenters. The third-order valence-electron chi connectivity index (χ3n) is 1.95. The number of ether oxygens (including phenoxy) is 2. The van der Waals surface area contributed by atoms with Crippen LogP contribution in [0.2, 0.25) is 0 Å². The Morgan fingerprint density at radius 1 is 1.44 bits per heavy atom. The molecule has 16 heavy (non-hydrogen) atoms. The van der Waals surface area contributed by atoms with Crippen molar-refractivity contribution in [2.45, 2.75) is 6.42 Å². The summed E-state index contributed by atoms with van der Waals surface area (Å²) in [5.41, 5.74) is 0.548. The number of carbonyl (C=O) groups is 1. The van der Waals surface area contributed by atoms with Gasteiger partial charge >= 0.3 is 6.16 Å². The van der Waals surface area contributed by atoms with E-state index >= 15 is 0 Å². The van der Waals surface area contributed by atoms with Crippen LogP contribution < -0.4 is 0 Å². The zero-order valence-corrected chi connectivity index (χ0v) is 8.71. The molecule has 0 aliphatic carbocycles. The number of carbonyl (C=O) groups excluding carboxylic acids is 1. The standard InChI is InChI=1S/C10H11NO5/c1-15-10(12)16-7-6-8-4-2-3-5-9(8)11(13)14/h2-5H,6-7H2,1H3. The number of hydrogen-bond donors (Lipinski definition) is 0. The number of hydrogen-bond acceptors (Lipinski definition) is 5. The van der Waals surface area contributed by atoms with Crippen molar-refractivity contribution in [1.82, 2.24) is 0 Å². The second-order valence-electron chi connectivity index (χ2n) is 2.94.